The highest BCUT2D eigenvalue weighted by molar-refractivity contribution is 7.80. The summed E-state index contributed by atoms with van der Waals surface area (Å²) in [5.74, 6) is 0.826. The van der Waals surface area contributed by atoms with Crippen molar-refractivity contribution >= 4 is 34.6 Å². The molecule has 0 radical (unpaired) electrons. The van der Waals surface area contributed by atoms with Crippen LogP contribution in [0.25, 0.3) is 0 Å². The van der Waals surface area contributed by atoms with Crippen molar-refractivity contribution in [3.05, 3.63) is 71.4 Å². The fourth-order valence-electron chi connectivity index (χ4n) is 2.05. The highest BCUT2D eigenvalue weighted by atomic mass is 35.5. The van der Waals surface area contributed by atoms with Crippen LogP contribution in [-0.4, -0.2) is 14.9 Å². The molecule has 0 spiro atoms. The van der Waals surface area contributed by atoms with Crippen LogP contribution in [-0.2, 0) is 13.1 Å². The van der Waals surface area contributed by atoms with E-state index in [1.165, 1.54) is 0 Å². The summed E-state index contributed by atoms with van der Waals surface area (Å²) in [5.41, 5.74) is 1.96. The number of rotatable bonds is 5. The molecule has 0 atom stereocenters. The van der Waals surface area contributed by atoms with E-state index in [-0.39, 0.29) is 0 Å². The van der Waals surface area contributed by atoms with Gasteiger partial charge in [-0.05, 0) is 42.0 Å². The van der Waals surface area contributed by atoms with Crippen molar-refractivity contribution < 1.29 is 4.42 Å². The van der Waals surface area contributed by atoms with Crippen molar-refractivity contribution in [1.29, 1.82) is 0 Å². The van der Waals surface area contributed by atoms with Crippen LogP contribution in [0.3, 0.4) is 0 Å². The van der Waals surface area contributed by atoms with Gasteiger partial charge < -0.3 is 15.1 Å². The van der Waals surface area contributed by atoms with Crippen LogP contribution in [0.5, 0.6) is 0 Å². The minimum Gasteiger partial charge on any atom is -0.467 e. The Labute approximate surface area is 144 Å². The Hall–Kier alpha value is -2.31. The van der Waals surface area contributed by atoms with E-state index < -0.39 is 0 Å². The molecule has 1 aromatic carbocycles. The predicted molar refractivity (Wildman–Crippen MR) is 94.5 cm³/mol. The number of thiocarbonyl (C=S) groups is 1. The van der Waals surface area contributed by atoms with Gasteiger partial charge in [-0.3, -0.25) is 4.68 Å². The Morgan fingerprint density at radius 1 is 1.26 bits per heavy atom. The highest BCUT2D eigenvalue weighted by Gasteiger charge is 2.03. The summed E-state index contributed by atoms with van der Waals surface area (Å²) in [6.07, 6.45) is 5.26. The number of furan rings is 1. The third-order valence-electron chi connectivity index (χ3n) is 3.15. The summed E-state index contributed by atoms with van der Waals surface area (Å²) < 4.78 is 7.07. The molecule has 0 bridgehead atoms. The van der Waals surface area contributed by atoms with Gasteiger partial charge in [0.25, 0.3) is 0 Å². The van der Waals surface area contributed by atoms with Gasteiger partial charge in [-0.1, -0.05) is 23.7 Å². The van der Waals surface area contributed by atoms with E-state index in [2.05, 4.69) is 15.7 Å². The minimum atomic E-state index is 0.521. The van der Waals surface area contributed by atoms with Crippen LogP contribution in [0, 0.1) is 0 Å². The Morgan fingerprint density at radius 3 is 2.83 bits per heavy atom. The molecule has 23 heavy (non-hydrogen) atoms. The smallest absolute Gasteiger partial charge is 0.171 e. The minimum absolute atomic E-state index is 0.521. The molecule has 3 aromatic rings. The molecule has 0 saturated carbocycles. The lowest BCUT2D eigenvalue weighted by Gasteiger charge is -2.07. The first kappa shape index (κ1) is 15.6. The van der Waals surface area contributed by atoms with E-state index in [1.54, 1.807) is 12.5 Å². The van der Waals surface area contributed by atoms with Gasteiger partial charge in [-0.25, -0.2) is 0 Å². The first-order valence-corrected chi connectivity index (χ1v) is 7.82. The number of aromatic nitrogens is 2. The SMILES string of the molecule is S=C(NCc1ccco1)Nc1cnn(Cc2ccc(Cl)cc2)c1. The molecule has 5 nitrogen and oxygen atoms in total. The summed E-state index contributed by atoms with van der Waals surface area (Å²) in [4.78, 5) is 0. The van der Waals surface area contributed by atoms with Gasteiger partial charge in [0.2, 0.25) is 0 Å². The number of nitrogens with one attached hydrogen (secondary N) is 2. The molecule has 0 fully saturated rings. The summed E-state index contributed by atoms with van der Waals surface area (Å²) in [6, 6.07) is 11.4. The van der Waals surface area contributed by atoms with Crippen molar-refractivity contribution in [1.82, 2.24) is 15.1 Å². The summed E-state index contributed by atoms with van der Waals surface area (Å²) in [6.45, 7) is 1.21. The van der Waals surface area contributed by atoms with Crippen LogP contribution >= 0.6 is 23.8 Å². The Balaban J connectivity index is 1.52. The first-order chi connectivity index (χ1) is 11.2. The maximum atomic E-state index is 5.88. The van der Waals surface area contributed by atoms with E-state index in [4.69, 9.17) is 28.2 Å². The van der Waals surface area contributed by atoms with Gasteiger partial charge >= 0.3 is 0 Å². The lowest BCUT2D eigenvalue weighted by Crippen LogP contribution is -2.27. The number of nitrogens with zero attached hydrogens (tertiary/aromatic N) is 2. The molecule has 2 heterocycles. The van der Waals surface area contributed by atoms with Crippen LogP contribution in [0.15, 0.2) is 59.5 Å². The van der Waals surface area contributed by atoms with E-state index in [9.17, 15) is 0 Å². The molecule has 0 amide bonds. The highest BCUT2D eigenvalue weighted by Crippen LogP contribution is 2.12. The standard InChI is InChI=1S/C16H15ClN4OS/c17-13-5-3-12(4-6-13)10-21-11-14(8-19-21)20-16(23)18-9-15-2-1-7-22-15/h1-8,11H,9-10H2,(H2,18,20,23). The maximum absolute atomic E-state index is 5.88. The second-order valence-electron chi connectivity index (χ2n) is 4.94. The van der Waals surface area contributed by atoms with Crippen LogP contribution in [0.4, 0.5) is 5.69 Å². The zero-order valence-electron chi connectivity index (χ0n) is 12.2. The maximum Gasteiger partial charge on any atom is 0.171 e. The number of halogens is 1. The van der Waals surface area contributed by atoms with Crippen LogP contribution in [0.1, 0.15) is 11.3 Å². The monoisotopic (exact) mass is 346 g/mol. The van der Waals surface area contributed by atoms with Gasteiger partial charge in [0, 0.05) is 11.2 Å². The molecule has 118 valence electrons. The summed E-state index contributed by atoms with van der Waals surface area (Å²) >= 11 is 11.1. The third-order valence-corrected chi connectivity index (χ3v) is 3.65. The molecule has 2 aromatic heterocycles. The molecule has 3 rings (SSSR count). The molecule has 0 aliphatic rings. The van der Waals surface area contributed by atoms with Gasteiger partial charge in [0.05, 0.1) is 31.2 Å². The zero-order valence-corrected chi connectivity index (χ0v) is 13.8. The molecule has 0 aliphatic carbocycles. The number of hydrogen-bond donors (Lipinski definition) is 2. The second-order valence-corrected chi connectivity index (χ2v) is 5.78. The number of hydrogen-bond acceptors (Lipinski definition) is 3. The van der Waals surface area contributed by atoms with Crippen LogP contribution < -0.4 is 10.6 Å². The van der Waals surface area contributed by atoms with Crippen LogP contribution in [0.2, 0.25) is 5.02 Å². The molecular formula is C16H15ClN4OS. The fraction of sp³-hybridized carbons (Fsp3) is 0.125. The first-order valence-electron chi connectivity index (χ1n) is 7.03. The molecule has 7 heteroatoms. The van der Waals surface area contributed by atoms with E-state index in [0.717, 1.165) is 22.0 Å². The second kappa shape index (κ2) is 7.30. The average molecular weight is 347 g/mol. The zero-order chi connectivity index (χ0) is 16.1. The summed E-state index contributed by atoms with van der Waals surface area (Å²) in [5, 5.41) is 11.7. The van der Waals surface area contributed by atoms with Crippen molar-refractivity contribution in [2.75, 3.05) is 5.32 Å². The van der Waals surface area contributed by atoms with Crippen molar-refractivity contribution in [3.8, 4) is 0 Å². The Kier molecular flexibility index (Phi) is 4.95. The molecular weight excluding hydrogens is 332 g/mol. The fourth-order valence-corrected chi connectivity index (χ4v) is 2.36. The lowest BCUT2D eigenvalue weighted by atomic mass is 10.2. The molecule has 0 saturated heterocycles. The van der Waals surface area contributed by atoms with Gasteiger partial charge in [0.15, 0.2) is 5.11 Å². The van der Waals surface area contributed by atoms with Gasteiger partial charge in [-0.15, -0.1) is 0 Å². The van der Waals surface area contributed by atoms with Crippen molar-refractivity contribution in [3.63, 3.8) is 0 Å². The lowest BCUT2D eigenvalue weighted by molar-refractivity contribution is 0.503. The average Bonchev–Trinajstić information content (AvgIpc) is 3.20. The van der Waals surface area contributed by atoms with E-state index in [1.807, 2.05) is 47.3 Å². The quantitative estimate of drug-likeness (QED) is 0.690. The van der Waals surface area contributed by atoms with Crippen molar-refractivity contribution in [2.24, 2.45) is 0 Å². The van der Waals surface area contributed by atoms with Gasteiger partial charge in [-0.2, -0.15) is 5.10 Å². The predicted octanol–water partition coefficient (Wildman–Crippen LogP) is 3.66. The molecule has 2 N–H and O–H groups in total. The van der Waals surface area contributed by atoms with E-state index >= 15 is 0 Å². The van der Waals surface area contributed by atoms with Crippen molar-refractivity contribution in [2.45, 2.75) is 13.1 Å². The number of anilines is 1. The summed E-state index contributed by atoms with van der Waals surface area (Å²) in [7, 11) is 0. The normalized spacial score (nSPS) is 10.5. The Bertz CT molecular complexity index is 768. The number of benzene rings is 1. The molecule has 0 unspecified atom stereocenters. The largest absolute Gasteiger partial charge is 0.467 e. The van der Waals surface area contributed by atoms with E-state index in [0.29, 0.717) is 18.2 Å². The van der Waals surface area contributed by atoms with Gasteiger partial charge in [0.1, 0.15) is 5.76 Å². The topological polar surface area (TPSA) is 55.0 Å². The Morgan fingerprint density at radius 2 is 2.09 bits per heavy atom. The third kappa shape index (κ3) is 4.58. The molecule has 0 aliphatic heterocycles.